The number of hydrogen-bond acceptors (Lipinski definition) is 2. The van der Waals surface area contributed by atoms with Crippen LogP contribution in [0.5, 0.6) is 11.5 Å². The smallest absolute Gasteiger partial charge is 0.166 e. The van der Waals surface area contributed by atoms with E-state index < -0.39 is 11.6 Å². The first-order valence-corrected chi connectivity index (χ1v) is 6.90. The van der Waals surface area contributed by atoms with Crippen LogP contribution in [0.4, 0.5) is 8.78 Å². The summed E-state index contributed by atoms with van der Waals surface area (Å²) < 4.78 is 33.1. The van der Waals surface area contributed by atoms with Crippen LogP contribution in [0.1, 0.15) is 18.5 Å². The molecule has 0 bridgehead atoms. The number of ether oxygens (including phenoxy) is 1. The first kappa shape index (κ1) is 14.9. The SMILES string of the molecule is CNC(C)c1ccc(Oc2cc(F)ccc2Br)c(F)c1. The summed E-state index contributed by atoms with van der Waals surface area (Å²) in [5, 5.41) is 3.03. The average molecular weight is 342 g/mol. The maximum atomic E-state index is 14.0. The van der Waals surface area contributed by atoms with Crippen molar-refractivity contribution >= 4 is 15.9 Å². The molecule has 0 heterocycles. The van der Waals surface area contributed by atoms with E-state index >= 15 is 0 Å². The number of nitrogens with one attached hydrogen (secondary N) is 1. The Labute approximate surface area is 124 Å². The van der Waals surface area contributed by atoms with Crippen molar-refractivity contribution in [3.8, 4) is 11.5 Å². The molecule has 2 aromatic rings. The van der Waals surface area contributed by atoms with Gasteiger partial charge in [0.15, 0.2) is 11.6 Å². The maximum Gasteiger partial charge on any atom is 0.166 e. The summed E-state index contributed by atoms with van der Waals surface area (Å²) in [7, 11) is 1.80. The Morgan fingerprint density at radius 2 is 1.85 bits per heavy atom. The third-order valence-corrected chi connectivity index (χ3v) is 3.66. The van der Waals surface area contributed by atoms with Gasteiger partial charge in [-0.05, 0) is 59.7 Å². The lowest BCUT2D eigenvalue weighted by Gasteiger charge is -2.13. The van der Waals surface area contributed by atoms with Gasteiger partial charge >= 0.3 is 0 Å². The topological polar surface area (TPSA) is 21.3 Å². The first-order valence-electron chi connectivity index (χ1n) is 6.11. The third-order valence-electron chi connectivity index (χ3n) is 3.00. The van der Waals surface area contributed by atoms with Crippen LogP contribution in [0.25, 0.3) is 0 Å². The molecule has 2 nitrogen and oxygen atoms in total. The van der Waals surface area contributed by atoms with Gasteiger partial charge in [-0.2, -0.15) is 0 Å². The molecule has 0 saturated carbocycles. The van der Waals surface area contributed by atoms with Crippen LogP contribution in [0.15, 0.2) is 40.9 Å². The Hall–Kier alpha value is -1.46. The zero-order valence-corrected chi connectivity index (χ0v) is 12.7. The summed E-state index contributed by atoms with van der Waals surface area (Å²) in [6.45, 7) is 1.93. The zero-order valence-electron chi connectivity index (χ0n) is 11.1. The molecule has 0 fully saturated rings. The van der Waals surface area contributed by atoms with E-state index in [9.17, 15) is 8.78 Å². The second-order valence-corrected chi connectivity index (χ2v) is 5.23. The Kier molecular flexibility index (Phi) is 4.73. The fraction of sp³-hybridized carbons (Fsp3) is 0.200. The lowest BCUT2D eigenvalue weighted by molar-refractivity contribution is 0.435. The molecule has 2 rings (SSSR count). The molecule has 0 amide bonds. The van der Waals surface area contributed by atoms with Gasteiger partial charge in [0.1, 0.15) is 11.6 Å². The van der Waals surface area contributed by atoms with E-state index in [1.165, 1.54) is 30.3 Å². The van der Waals surface area contributed by atoms with Crippen molar-refractivity contribution in [2.24, 2.45) is 0 Å². The van der Waals surface area contributed by atoms with Gasteiger partial charge in [-0.1, -0.05) is 6.07 Å². The molecule has 0 spiro atoms. The standard InChI is InChI=1S/C15H14BrF2NO/c1-9(19-2)10-3-6-14(13(18)7-10)20-15-8-11(17)4-5-12(15)16/h3-9,19H,1-2H3. The monoisotopic (exact) mass is 341 g/mol. The van der Waals surface area contributed by atoms with Gasteiger partial charge in [-0.3, -0.25) is 0 Å². The Morgan fingerprint density at radius 1 is 1.10 bits per heavy atom. The van der Waals surface area contributed by atoms with E-state index in [1.807, 2.05) is 6.92 Å². The molecular formula is C15H14BrF2NO. The highest BCUT2D eigenvalue weighted by Gasteiger charge is 2.11. The number of benzene rings is 2. The lowest BCUT2D eigenvalue weighted by atomic mass is 10.1. The van der Waals surface area contributed by atoms with Crippen molar-refractivity contribution < 1.29 is 13.5 Å². The number of rotatable bonds is 4. The van der Waals surface area contributed by atoms with Gasteiger partial charge in [0.2, 0.25) is 0 Å². The van der Waals surface area contributed by atoms with Crippen LogP contribution >= 0.6 is 15.9 Å². The minimum Gasteiger partial charge on any atom is -0.453 e. The molecule has 0 aliphatic carbocycles. The van der Waals surface area contributed by atoms with Gasteiger partial charge in [0.25, 0.3) is 0 Å². The van der Waals surface area contributed by atoms with Crippen LogP contribution < -0.4 is 10.1 Å². The highest BCUT2D eigenvalue weighted by molar-refractivity contribution is 9.10. The predicted molar refractivity (Wildman–Crippen MR) is 78.0 cm³/mol. The molecule has 0 aromatic heterocycles. The quantitative estimate of drug-likeness (QED) is 0.862. The van der Waals surface area contributed by atoms with Crippen LogP contribution in [0, 0.1) is 11.6 Å². The normalized spacial score (nSPS) is 12.2. The first-order chi connectivity index (χ1) is 9.51. The van der Waals surface area contributed by atoms with E-state index in [4.69, 9.17) is 4.74 Å². The molecule has 0 aliphatic heterocycles. The third kappa shape index (κ3) is 3.35. The minimum absolute atomic E-state index is 0.0412. The van der Waals surface area contributed by atoms with Crippen molar-refractivity contribution in [3.05, 3.63) is 58.1 Å². The van der Waals surface area contributed by atoms with Crippen LogP contribution in [-0.4, -0.2) is 7.05 Å². The van der Waals surface area contributed by atoms with Crippen molar-refractivity contribution in [1.82, 2.24) is 5.32 Å². The fourth-order valence-electron chi connectivity index (χ4n) is 1.71. The Balaban J connectivity index is 2.28. The highest BCUT2D eigenvalue weighted by atomic mass is 79.9. The average Bonchev–Trinajstić information content (AvgIpc) is 2.44. The van der Waals surface area contributed by atoms with Crippen molar-refractivity contribution in [3.63, 3.8) is 0 Å². The van der Waals surface area contributed by atoms with E-state index in [0.29, 0.717) is 4.47 Å². The highest BCUT2D eigenvalue weighted by Crippen LogP contribution is 2.32. The number of halogens is 3. The van der Waals surface area contributed by atoms with Gasteiger partial charge < -0.3 is 10.1 Å². The molecule has 0 saturated heterocycles. The van der Waals surface area contributed by atoms with E-state index in [2.05, 4.69) is 21.2 Å². The molecule has 5 heteroatoms. The summed E-state index contributed by atoms with van der Waals surface area (Å²) in [5.74, 6) is -0.633. The summed E-state index contributed by atoms with van der Waals surface area (Å²) in [4.78, 5) is 0. The molecule has 0 aliphatic rings. The summed E-state index contributed by atoms with van der Waals surface area (Å²) in [5.41, 5.74) is 0.815. The minimum atomic E-state index is -0.485. The maximum absolute atomic E-state index is 14.0. The predicted octanol–water partition coefficient (Wildman–Crippen LogP) is 4.80. The van der Waals surface area contributed by atoms with E-state index in [1.54, 1.807) is 13.1 Å². The lowest BCUT2D eigenvalue weighted by Crippen LogP contribution is -2.12. The van der Waals surface area contributed by atoms with Crippen LogP contribution in [-0.2, 0) is 0 Å². The molecule has 20 heavy (non-hydrogen) atoms. The Bertz CT molecular complexity index is 619. The van der Waals surface area contributed by atoms with Crippen molar-refractivity contribution in [2.45, 2.75) is 13.0 Å². The molecular weight excluding hydrogens is 328 g/mol. The summed E-state index contributed by atoms with van der Waals surface area (Å²) >= 11 is 3.24. The van der Waals surface area contributed by atoms with Gasteiger partial charge in [0, 0.05) is 12.1 Å². The van der Waals surface area contributed by atoms with E-state index in [0.717, 1.165) is 5.56 Å². The number of hydrogen-bond donors (Lipinski definition) is 1. The molecule has 1 N–H and O–H groups in total. The molecule has 1 atom stereocenters. The fourth-order valence-corrected chi connectivity index (χ4v) is 2.04. The largest absolute Gasteiger partial charge is 0.453 e. The van der Waals surface area contributed by atoms with Gasteiger partial charge in [0.05, 0.1) is 4.47 Å². The van der Waals surface area contributed by atoms with Crippen LogP contribution in [0.2, 0.25) is 0 Å². The molecule has 2 aromatic carbocycles. The Morgan fingerprint density at radius 3 is 2.50 bits per heavy atom. The zero-order chi connectivity index (χ0) is 14.7. The van der Waals surface area contributed by atoms with Crippen LogP contribution in [0.3, 0.4) is 0 Å². The molecule has 1 unspecified atom stereocenters. The summed E-state index contributed by atoms with van der Waals surface area (Å²) in [6, 6.07) is 8.77. The van der Waals surface area contributed by atoms with E-state index in [-0.39, 0.29) is 17.5 Å². The van der Waals surface area contributed by atoms with Crippen molar-refractivity contribution in [2.75, 3.05) is 7.05 Å². The van der Waals surface area contributed by atoms with Gasteiger partial charge in [-0.25, -0.2) is 8.78 Å². The second kappa shape index (κ2) is 6.33. The second-order valence-electron chi connectivity index (χ2n) is 4.38. The molecule has 0 radical (unpaired) electrons. The van der Waals surface area contributed by atoms with Gasteiger partial charge in [-0.15, -0.1) is 0 Å². The molecule has 106 valence electrons. The van der Waals surface area contributed by atoms with Crippen molar-refractivity contribution in [1.29, 1.82) is 0 Å². The summed E-state index contributed by atoms with van der Waals surface area (Å²) in [6.07, 6.45) is 0.